The van der Waals surface area contributed by atoms with Gasteiger partial charge in [-0.2, -0.15) is 0 Å². The highest BCUT2D eigenvalue weighted by Crippen LogP contribution is 2.32. The SMILES string of the molecule is C[C@@]1(C(=O)Nc2cccc(C(N)=O)c2N)CCCN1C(=O)OCc1ccccc1. The number of primary amides is 1. The number of para-hydroxylation sites is 1. The van der Waals surface area contributed by atoms with Crippen LogP contribution in [0.5, 0.6) is 0 Å². The number of ether oxygens (including phenoxy) is 1. The van der Waals surface area contributed by atoms with Crippen LogP contribution in [0.4, 0.5) is 16.2 Å². The Hall–Kier alpha value is -3.55. The van der Waals surface area contributed by atoms with Crippen molar-refractivity contribution >= 4 is 29.3 Å². The molecule has 2 aromatic carbocycles. The lowest BCUT2D eigenvalue weighted by Crippen LogP contribution is -2.53. The van der Waals surface area contributed by atoms with Gasteiger partial charge in [-0.15, -0.1) is 0 Å². The zero-order chi connectivity index (χ0) is 21.0. The lowest BCUT2D eigenvalue weighted by Gasteiger charge is -2.33. The van der Waals surface area contributed by atoms with Crippen LogP contribution in [-0.4, -0.2) is 34.9 Å². The van der Waals surface area contributed by atoms with Crippen molar-refractivity contribution in [1.82, 2.24) is 4.90 Å². The molecule has 1 atom stereocenters. The van der Waals surface area contributed by atoms with Crippen LogP contribution in [0.25, 0.3) is 0 Å². The lowest BCUT2D eigenvalue weighted by atomic mass is 9.97. The summed E-state index contributed by atoms with van der Waals surface area (Å²) in [6.45, 7) is 2.23. The molecule has 1 saturated heterocycles. The molecule has 2 aromatic rings. The first-order chi connectivity index (χ1) is 13.8. The summed E-state index contributed by atoms with van der Waals surface area (Å²) >= 11 is 0. The first kappa shape index (κ1) is 20.2. The second-order valence-corrected chi connectivity index (χ2v) is 7.15. The number of nitrogens with one attached hydrogen (secondary N) is 1. The van der Waals surface area contributed by atoms with Crippen molar-refractivity contribution in [1.29, 1.82) is 0 Å². The number of carbonyl (C=O) groups is 3. The van der Waals surface area contributed by atoms with E-state index < -0.39 is 23.4 Å². The number of carbonyl (C=O) groups excluding carboxylic acids is 3. The predicted octanol–water partition coefficient (Wildman–Crippen LogP) is 2.50. The number of likely N-dealkylation sites (tertiary alicyclic amines) is 1. The van der Waals surface area contributed by atoms with Gasteiger partial charge in [-0.25, -0.2) is 4.79 Å². The second-order valence-electron chi connectivity index (χ2n) is 7.15. The molecule has 0 unspecified atom stereocenters. The van der Waals surface area contributed by atoms with Gasteiger partial charge in [-0.1, -0.05) is 36.4 Å². The molecular weight excluding hydrogens is 372 g/mol. The van der Waals surface area contributed by atoms with Crippen LogP contribution in [0.2, 0.25) is 0 Å². The van der Waals surface area contributed by atoms with Gasteiger partial charge < -0.3 is 21.5 Å². The monoisotopic (exact) mass is 396 g/mol. The van der Waals surface area contributed by atoms with Crippen molar-refractivity contribution < 1.29 is 19.1 Å². The highest BCUT2D eigenvalue weighted by Gasteiger charge is 2.46. The van der Waals surface area contributed by atoms with E-state index >= 15 is 0 Å². The molecule has 1 aliphatic heterocycles. The quantitative estimate of drug-likeness (QED) is 0.669. The standard InChI is InChI=1S/C21H24N4O4/c1-21(19(27)24-16-10-5-9-15(17(16)22)18(23)26)11-6-12-25(21)20(28)29-13-14-7-3-2-4-8-14/h2-5,7-10H,6,11-13,22H2,1H3,(H2,23,26)(H,24,27)/t21-/m0/s1. The molecule has 0 saturated carbocycles. The van der Waals surface area contributed by atoms with E-state index in [0.29, 0.717) is 19.4 Å². The summed E-state index contributed by atoms with van der Waals surface area (Å²) in [4.78, 5) is 38.6. The summed E-state index contributed by atoms with van der Waals surface area (Å²) in [6, 6.07) is 14.0. The van der Waals surface area contributed by atoms with Crippen molar-refractivity contribution in [2.75, 3.05) is 17.6 Å². The first-order valence-corrected chi connectivity index (χ1v) is 9.31. The van der Waals surface area contributed by atoms with E-state index in [0.717, 1.165) is 5.56 Å². The van der Waals surface area contributed by atoms with Crippen molar-refractivity contribution in [2.45, 2.75) is 31.9 Å². The summed E-state index contributed by atoms with van der Waals surface area (Å²) in [6.07, 6.45) is 0.596. The van der Waals surface area contributed by atoms with E-state index in [9.17, 15) is 14.4 Å². The van der Waals surface area contributed by atoms with Crippen LogP contribution in [0, 0.1) is 0 Å². The maximum absolute atomic E-state index is 13.0. The first-order valence-electron chi connectivity index (χ1n) is 9.31. The van der Waals surface area contributed by atoms with Crippen LogP contribution >= 0.6 is 0 Å². The van der Waals surface area contributed by atoms with Gasteiger partial charge in [0.05, 0.1) is 16.9 Å². The molecule has 0 spiro atoms. The van der Waals surface area contributed by atoms with Crippen LogP contribution in [0.3, 0.4) is 0 Å². The van der Waals surface area contributed by atoms with E-state index in [2.05, 4.69) is 5.32 Å². The van der Waals surface area contributed by atoms with E-state index in [4.69, 9.17) is 16.2 Å². The molecule has 1 aliphatic rings. The number of amides is 3. The molecule has 1 fully saturated rings. The predicted molar refractivity (Wildman–Crippen MR) is 109 cm³/mol. The second kappa shape index (κ2) is 8.22. The molecule has 3 rings (SSSR count). The Morgan fingerprint density at radius 1 is 1.14 bits per heavy atom. The highest BCUT2D eigenvalue weighted by atomic mass is 16.6. The fraction of sp³-hybridized carbons (Fsp3) is 0.286. The molecule has 1 heterocycles. The number of nitrogens with two attached hydrogens (primary N) is 2. The van der Waals surface area contributed by atoms with E-state index in [-0.39, 0.29) is 23.5 Å². The minimum atomic E-state index is -1.09. The third-order valence-corrected chi connectivity index (χ3v) is 5.18. The van der Waals surface area contributed by atoms with Crippen molar-refractivity contribution in [3.8, 4) is 0 Å². The van der Waals surface area contributed by atoms with Crippen molar-refractivity contribution in [3.05, 3.63) is 59.7 Å². The minimum Gasteiger partial charge on any atom is -0.445 e. The molecule has 3 amide bonds. The Morgan fingerprint density at radius 3 is 2.55 bits per heavy atom. The Kier molecular flexibility index (Phi) is 5.72. The topological polar surface area (TPSA) is 128 Å². The minimum absolute atomic E-state index is 0.0909. The van der Waals surface area contributed by atoms with Gasteiger partial charge in [0.25, 0.3) is 5.91 Å². The van der Waals surface area contributed by atoms with Crippen LogP contribution in [0.1, 0.15) is 35.7 Å². The van der Waals surface area contributed by atoms with Crippen LogP contribution in [0.15, 0.2) is 48.5 Å². The molecule has 5 N–H and O–H groups in total. The van der Waals surface area contributed by atoms with Gasteiger partial charge in [-0.05, 0) is 37.5 Å². The Bertz CT molecular complexity index is 932. The number of hydrogen-bond donors (Lipinski definition) is 3. The Balaban J connectivity index is 1.72. The molecule has 152 valence electrons. The van der Waals surface area contributed by atoms with Crippen LogP contribution in [-0.2, 0) is 16.1 Å². The zero-order valence-electron chi connectivity index (χ0n) is 16.2. The third-order valence-electron chi connectivity index (χ3n) is 5.18. The summed E-state index contributed by atoms with van der Waals surface area (Å²) in [5.74, 6) is -1.09. The number of nitrogen functional groups attached to an aromatic ring is 1. The van der Waals surface area contributed by atoms with Gasteiger partial charge in [0, 0.05) is 6.54 Å². The third kappa shape index (κ3) is 4.16. The molecule has 8 heteroatoms. The molecule has 29 heavy (non-hydrogen) atoms. The maximum Gasteiger partial charge on any atom is 0.410 e. The summed E-state index contributed by atoms with van der Waals surface area (Å²) in [7, 11) is 0. The smallest absolute Gasteiger partial charge is 0.410 e. The van der Waals surface area contributed by atoms with E-state index in [1.807, 2.05) is 30.3 Å². The Labute approximate surface area is 168 Å². The average molecular weight is 396 g/mol. The van der Waals surface area contributed by atoms with Gasteiger partial charge in [0.1, 0.15) is 12.1 Å². The molecule has 0 bridgehead atoms. The summed E-state index contributed by atoms with van der Waals surface area (Å²) in [5, 5.41) is 2.73. The van der Waals surface area contributed by atoms with Crippen LogP contribution < -0.4 is 16.8 Å². The zero-order valence-corrected chi connectivity index (χ0v) is 16.2. The molecule has 0 aliphatic carbocycles. The summed E-state index contributed by atoms with van der Waals surface area (Å²) < 4.78 is 5.40. The fourth-order valence-electron chi connectivity index (χ4n) is 3.44. The number of benzene rings is 2. The van der Waals surface area contributed by atoms with Gasteiger partial charge in [0.2, 0.25) is 5.91 Å². The largest absolute Gasteiger partial charge is 0.445 e. The van der Waals surface area contributed by atoms with Gasteiger partial charge in [-0.3, -0.25) is 14.5 Å². The molecule has 0 radical (unpaired) electrons. The molecule has 0 aromatic heterocycles. The number of rotatable bonds is 5. The normalized spacial score (nSPS) is 18.3. The lowest BCUT2D eigenvalue weighted by molar-refractivity contribution is -0.125. The van der Waals surface area contributed by atoms with Gasteiger partial charge in [0.15, 0.2) is 0 Å². The molecular formula is C21H24N4O4. The van der Waals surface area contributed by atoms with Crippen molar-refractivity contribution in [2.24, 2.45) is 5.73 Å². The number of anilines is 2. The highest BCUT2D eigenvalue weighted by molar-refractivity contribution is 6.06. The van der Waals surface area contributed by atoms with Gasteiger partial charge >= 0.3 is 6.09 Å². The molecule has 8 nitrogen and oxygen atoms in total. The Morgan fingerprint density at radius 2 is 1.86 bits per heavy atom. The fourth-order valence-corrected chi connectivity index (χ4v) is 3.44. The van der Waals surface area contributed by atoms with E-state index in [1.165, 1.54) is 11.0 Å². The van der Waals surface area contributed by atoms with E-state index in [1.54, 1.807) is 19.1 Å². The average Bonchev–Trinajstić information content (AvgIpc) is 3.11. The number of hydrogen-bond acceptors (Lipinski definition) is 5. The summed E-state index contributed by atoms with van der Waals surface area (Å²) in [5.41, 5.74) is 11.5. The van der Waals surface area contributed by atoms with Crippen molar-refractivity contribution in [3.63, 3.8) is 0 Å². The number of nitrogens with zero attached hydrogens (tertiary/aromatic N) is 1. The maximum atomic E-state index is 13.0.